The number of nitrogens with zero attached hydrogens (tertiary/aromatic N) is 1. The van der Waals surface area contributed by atoms with Crippen LogP contribution in [-0.2, 0) is 0 Å². The molecule has 5 heteroatoms. The van der Waals surface area contributed by atoms with Crippen molar-refractivity contribution in [3.8, 4) is 11.1 Å². The number of nitro groups is 1. The zero-order chi connectivity index (χ0) is 16.1. The lowest BCUT2D eigenvalue weighted by atomic mass is 10.1. The Kier molecular flexibility index (Phi) is 4.20. The van der Waals surface area contributed by atoms with E-state index in [0.29, 0.717) is 0 Å². The van der Waals surface area contributed by atoms with E-state index in [1.807, 2.05) is 54.6 Å². The van der Waals surface area contributed by atoms with E-state index in [2.05, 4.69) is 10.9 Å². The number of non-ortho nitro benzene ring substituents is 1. The van der Waals surface area contributed by atoms with Crippen molar-refractivity contribution >= 4 is 17.1 Å². The highest BCUT2D eigenvalue weighted by Crippen LogP contribution is 2.24. The van der Waals surface area contributed by atoms with Gasteiger partial charge in [0.2, 0.25) is 0 Å². The minimum absolute atomic E-state index is 0.0964. The van der Waals surface area contributed by atoms with Gasteiger partial charge in [0.25, 0.3) is 5.69 Å². The van der Waals surface area contributed by atoms with Gasteiger partial charge in [-0.05, 0) is 47.5 Å². The monoisotopic (exact) mass is 305 g/mol. The third-order valence-corrected chi connectivity index (χ3v) is 3.42. The molecule has 0 saturated heterocycles. The Hall–Kier alpha value is -3.34. The van der Waals surface area contributed by atoms with E-state index in [1.165, 1.54) is 12.1 Å². The van der Waals surface area contributed by atoms with Crippen molar-refractivity contribution in [2.24, 2.45) is 0 Å². The molecule has 23 heavy (non-hydrogen) atoms. The molecule has 0 fully saturated rings. The number of hydrazine groups is 1. The summed E-state index contributed by atoms with van der Waals surface area (Å²) >= 11 is 0. The summed E-state index contributed by atoms with van der Waals surface area (Å²) in [6.45, 7) is 0. The Balaban J connectivity index is 1.68. The van der Waals surface area contributed by atoms with Crippen LogP contribution in [0.25, 0.3) is 11.1 Å². The van der Waals surface area contributed by atoms with Crippen LogP contribution in [0.4, 0.5) is 17.1 Å². The number of para-hydroxylation sites is 1. The fourth-order valence-electron chi connectivity index (χ4n) is 2.19. The second-order valence-electron chi connectivity index (χ2n) is 5.00. The Morgan fingerprint density at radius 1 is 0.652 bits per heavy atom. The molecule has 114 valence electrons. The molecule has 0 unspecified atom stereocenters. The van der Waals surface area contributed by atoms with E-state index in [0.717, 1.165) is 22.5 Å². The summed E-state index contributed by atoms with van der Waals surface area (Å²) in [5.74, 6) is 0. The Bertz CT molecular complexity index is 785. The summed E-state index contributed by atoms with van der Waals surface area (Å²) in [4.78, 5) is 10.3. The maximum atomic E-state index is 10.7. The molecule has 0 atom stereocenters. The van der Waals surface area contributed by atoms with Gasteiger partial charge in [-0.25, -0.2) is 0 Å². The smallest absolute Gasteiger partial charge is 0.269 e. The van der Waals surface area contributed by atoms with Gasteiger partial charge in [0, 0.05) is 12.1 Å². The van der Waals surface area contributed by atoms with Gasteiger partial charge in [0.15, 0.2) is 0 Å². The number of rotatable bonds is 5. The van der Waals surface area contributed by atoms with Gasteiger partial charge in [-0.15, -0.1) is 0 Å². The maximum Gasteiger partial charge on any atom is 0.269 e. The van der Waals surface area contributed by atoms with Crippen LogP contribution < -0.4 is 10.9 Å². The first kappa shape index (κ1) is 14.6. The van der Waals surface area contributed by atoms with Crippen LogP contribution >= 0.6 is 0 Å². The highest BCUT2D eigenvalue weighted by Gasteiger charge is 2.05. The SMILES string of the molecule is O=[N+]([O-])c1ccc(-c2ccc(NNc3ccccc3)cc2)cc1. The average molecular weight is 305 g/mol. The van der Waals surface area contributed by atoms with Gasteiger partial charge in [-0.1, -0.05) is 30.3 Å². The van der Waals surface area contributed by atoms with Gasteiger partial charge in [-0.3, -0.25) is 10.1 Å². The summed E-state index contributed by atoms with van der Waals surface area (Å²) < 4.78 is 0. The van der Waals surface area contributed by atoms with Crippen LogP contribution in [0, 0.1) is 10.1 Å². The van der Waals surface area contributed by atoms with Crippen molar-refractivity contribution in [1.82, 2.24) is 0 Å². The van der Waals surface area contributed by atoms with Crippen molar-refractivity contribution in [2.75, 3.05) is 10.9 Å². The predicted octanol–water partition coefficient (Wildman–Crippen LogP) is 4.70. The lowest BCUT2D eigenvalue weighted by Crippen LogP contribution is -2.07. The van der Waals surface area contributed by atoms with E-state index in [1.54, 1.807) is 12.1 Å². The van der Waals surface area contributed by atoms with Crippen molar-refractivity contribution in [3.63, 3.8) is 0 Å². The molecule has 0 aliphatic rings. The van der Waals surface area contributed by atoms with Crippen LogP contribution in [0.3, 0.4) is 0 Å². The topological polar surface area (TPSA) is 67.2 Å². The van der Waals surface area contributed by atoms with Crippen molar-refractivity contribution < 1.29 is 4.92 Å². The molecule has 0 aliphatic carbocycles. The van der Waals surface area contributed by atoms with E-state index >= 15 is 0 Å². The lowest BCUT2D eigenvalue weighted by Gasteiger charge is -2.10. The molecule has 5 nitrogen and oxygen atoms in total. The molecule has 3 aromatic rings. The fraction of sp³-hybridized carbons (Fsp3) is 0. The summed E-state index contributed by atoms with van der Waals surface area (Å²) in [5, 5.41) is 10.7. The standard InChI is InChI=1S/C18H15N3O2/c22-21(23)18-12-8-15(9-13-18)14-6-10-17(11-7-14)20-19-16-4-2-1-3-5-16/h1-13,19-20H. The molecule has 3 aromatic carbocycles. The van der Waals surface area contributed by atoms with Gasteiger partial charge in [-0.2, -0.15) is 0 Å². The van der Waals surface area contributed by atoms with Crippen LogP contribution in [0.5, 0.6) is 0 Å². The zero-order valence-corrected chi connectivity index (χ0v) is 12.3. The summed E-state index contributed by atoms with van der Waals surface area (Å²) in [6.07, 6.45) is 0. The molecule has 3 rings (SSSR count). The molecule has 2 N–H and O–H groups in total. The van der Waals surface area contributed by atoms with E-state index in [4.69, 9.17) is 0 Å². The third kappa shape index (κ3) is 3.65. The maximum absolute atomic E-state index is 10.7. The van der Waals surface area contributed by atoms with Crippen molar-refractivity contribution in [2.45, 2.75) is 0 Å². The first-order valence-corrected chi connectivity index (χ1v) is 7.14. The Morgan fingerprint density at radius 3 is 1.65 bits per heavy atom. The van der Waals surface area contributed by atoms with Gasteiger partial charge >= 0.3 is 0 Å². The molecule has 0 aliphatic heterocycles. The van der Waals surface area contributed by atoms with Crippen LogP contribution in [0.15, 0.2) is 78.9 Å². The van der Waals surface area contributed by atoms with Crippen molar-refractivity contribution in [1.29, 1.82) is 0 Å². The highest BCUT2D eigenvalue weighted by atomic mass is 16.6. The fourth-order valence-corrected chi connectivity index (χ4v) is 2.19. The number of hydrogen-bond donors (Lipinski definition) is 2. The number of nitrogens with one attached hydrogen (secondary N) is 2. The van der Waals surface area contributed by atoms with Crippen LogP contribution in [0.1, 0.15) is 0 Å². The lowest BCUT2D eigenvalue weighted by molar-refractivity contribution is -0.384. The Labute approximate surface area is 133 Å². The largest absolute Gasteiger partial charge is 0.301 e. The molecule has 0 saturated carbocycles. The first-order valence-electron chi connectivity index (χ1n) is 7.14. The summed E-state index contributed by atoms with van der Waals surface area (Å²) in [5.41, 5.74) is 10.2. The predicted molar refractivity (Wildman–Crippen MR) is 92.2 cm³/mol. The number of benzene rings is 3. The molecular weight excluding hydrogens is 290 g/mol. The molecular formula is C18H15N3O2. The first-order chi connectivity index (χ1) is 11.2. The van der Waals surface area contributed by atoms with Gasteiger partial charge in [0.1, 0.15) is 0 Å². The molecule has 0 aromatic heterocycles. The minimum atomic E-state index is -0.397. The van der Waals surface area contributed by atoms with Gasteiger partial charge in [0.05, 0.1) is 16.3 Å². The minimum Gasteiger partial charge on any atom is -0.301 e. The third-order valence-electron chi connectivity index (χ3n) is 3.42. The number of hydrogen-bond acceptors (Lipinski definition) is 4. The van der Waals surface area contributed by atoms with E-state index < -0.39 is 4.92 Å². The Morgan fingerprint density at radius 2 is 1.13 bits per heavy atom. The summed E-state index contributed by atoms with van der Waals surface area (Å²) in [6, 6.07) is 24.2. The number of nitro benzene ring substituents is 1. The second-order valence-corrected chi connectivity index (χ2v) is 5.00. The molecule has 0 bridgehead atoms. The van der Waals surface area contributed by atoms with Crippen molar-refractivity contribution in [3.05, 3.63) is 89.0 Å². The summed E-state index contributed by atoms with van der Waals surface area (Å²) in [7, 11) is 0. The normalized spacial score (nSPS) is 10.1. The number of anilines is 2. The van der Waals surface area contributed by atoms with Gasteiger partial charge < -0.3 is 10.9 Å². The quantitative estimate of drug-likeness (QED) is 0.529. The van der Waals surface area contributed by atoms with Crippen LogP contribution in [-0.4, -0.2) is 4.92 Å². The van der Waals surface area contributed by atoms with Crippen LogP contribution in [0.2, 0.25) is 0 Å². The van der Waals surface area contributed by atoms with E-state index in [9.17, 15) is 10.1 Å². The average Bonchev–Trinajstić information content (AvgIpc) is 2.61. The molecule has 0 heterocycles. The highest BCUT2D eigenvalue weighted by molar-refractivity contribution is 5.67. The second kappa shape index (κ2) is 6.62. The van der Waals surface area contributed by atoms with E-state index in [-0.39, 0.29) is 5.69 Å². The zero-order valence-electron chi connectivity index (χ0n) is 12.3. The molecule has 0 amide bonds. The molecule has 0 radical (unpaired) electrons. The molecule has 0 spiro atoms.